The van der Waals surface area contributed by atoms with Crippen molar-refractivity contribution in [1.29, 1.82) is 0 Å². The largest absolute Gasteiger partial charge is 0.329 e. The highest BCUT2D eigenvalue weighted by Crippen LogP contribution is 2.30. The van der Waals surface area contributed by atoms with E-state index < -0.39 is 10.0 Å². The normalized spacial score (nSPS) is 11.7. The van der Waals surface area contributed by atoms with Crippen LogP contribution in [0.2, 0.25) is 0 Å². The van der Waals surface area contributed by atoms with Crippen molar-refractivity contribution in [3.05, 3.63) is 59.9 Å². The number of aromatic nitrogens is 4. The molecule has 0 saturated heterocycles. The third-order valence-corrected chi connectivity index (χ3v) is 8.68. The molecule has 1 N–H and O–H groups in total. The summed E-state index contributed by atoms with van der Waals surface area (Å²) in [5.41, 5.74) is 4.30. The zero-order valence-corrected chi connectivity index (χ0v) is 21.9. The molecule has 0 bridgehead atoms. The summed E-state index contributed by atoms with van der Waals surface area (Å²) in [7, 11) is 2.09. The van der Waals surface area contributed by atoms with E-state index in [9.17, 15) is 8.42 Å². The van der Waals surface area contributed by atoms with Gasteiger partial charge < -0.3 is 9.80 Å². The smallest absolute Gasteiger partial charge is 0.249 e. The van der Waals surface area contributed by atoms with Gasteiger partial charge in [-0.3, -0.25) is 4.68 Å². The van der Waals surface area contributed by atoms with Crippen molar-refractivity contribution in [2.75, 3.05) is 23.9 Å². The number of rotatable bonds is 6. The van der Waals surface area contributed by atoms with E-state index in [-0.39, 0.29) is 4.90 Å². The molecule has 0 saturated carbocycles. The monoisotopic (exact) mass is 577 g/mol. The predicted molar refractivity (Wildman–Crippen MR) is 139 cm³/mol. The zero-order valence-electron chi connectivity index (χ0n) is 18.9. The number of benzene rings is 2. The lowest BCUT2D eigenvalue weighted by molar-refractivity contribution is 0.595. The first-order valence-electron chi connectivity index (χ1n) is 10.1. The average molecular weight is 577 g/mol. The summed E-state index contributed by atoms with van der Waals surface area (Å²) in [6.07, 6.45) is 1.69. The molecule has 2 aromatic carbocycles. The molecule has 0 amide bonds. The van der Waals surface area contributed by atoms with Crippen LogP contribution >= 0.6 is 22.9 Å². The molecular weight excluding hydrogens is 553 g/mol. The Kier molecular flexibility index (Phi) is 6.29. The summed E-state index contributed by atoms with van der Waals surface area (Å²) in [5.74, 6) is 1.15. The molecule has 11 heteroatoms. The first-order valence-corrected chi connectivity index (χ1v) is 12.7. The number of anilines is 4. The van der Waals surface area contributed by atoms with E-state index in [1.165, 1.54) is 0 Å². The molecule has 0 spiro atoms. The number of hydrogen-bond acceptors (Lipinski definition) is 7. The third-order valence-electron chi connectivity index (χ3n) is 5.72. The lowest BCUT2D eigenvalue weighted by Crippen LogP contribution is -2.18. The van der Waals surface area contributed by atoms with Gasteiger partial charge in [-0.15, -0.1) is 0 Å². The van der Waals surface area contributed by atoms with Gasteiger partial charge in [-0.1, -0.05) is 6.07 Å². The molecule has 0 aliphatic heterocycles. The highest BCUT2D eigenvalue weighted by atomic mass is 127. The number of nitrogens with one attached hydrogen (secondary N) is 1. The summed E-state index contributed by atoms with van der Waals surface area (Å²) >= 11 is 1.63. The maximum atomic E-state index is 12.4. The van der Waals surface area contributed by atoms with Gasteiger partial charge in [0.05, 0.1) is 10.4 Å². The van der Waals surface area contributed by atoms with Crippen LogP contribution in [0.15, 0.2) is 53.6 Å². The Labute approximate surface area is 207 Å². The van der Waals surface area contributed by atoms with E-state index in [1.54, 1.807) is 60.1 Å². The van der Waals surface area contributed by atoms with Crippen molar-refractivity contribution >= 4 is 66.9 Å². The van der Waals surface area contributed by atoms with Gasteiger partial charge >= 0.3 is 0 Å². The molecule has 4 rings (SSSR count). The van der Waals surface area contributed by atoms with Gasteiger partial charge in [0.15, 0.2) is 0 Å². The first-order chi connectivity index (χ1) is 15.6. The van der Waals surface area contributed by atoms with Crippen LogP contribution in [0.1, 0.15) is 11.3 Å². The Hall–Kier alpha value is -2.77. The summed E-state index contributed by atoms with van der Waals surface area (Å²) in [4.78, 5) is 13.0. The second-order valence-corrected chi connectivity index (χ2v) is 10.7. The Balaban J connectivity index is 1.67. The summed E-state index contributed by atoms with van der Waals surface area (Å²) < 4.78 is 28.9. The molecule has 9 nitrogen and oxygen atoms in total. The molecule has 0 fully saturated rings. The number of halogens is 1. The Morgan fingerprint density at radius 2 is 1.70 bits per heavy atom. The van der Waals surface area contributed by atoms with Crippen molar-refractivity contribution in [1.82, 2.24) is 22.7 Å². The van der Waals surface area contributed by atoms with Crippen LogP contribution in [0, 0.1) is 13.8 Å². The second kappa shape index (κ2) is 8.88. The standard InChI is InChI=1S/C22H24IN7O2S/c1-14-6-7-17(13-20(14)33(31,32)27-23)29(4)22-24-11-10-21(25-22)28(3)16-8-9-18-15(2)30(5)26-19(18)12-16/h6-13,27H,1-5H3. The van der Waals surface area contributed by atoms with E-state index >= 15 is 0 Å². The number of fused-ring (bicyclic) bond motifs is 1. The van der Waals surface area contributed by atoms with E-state index in [0.717, 1.165) is 22.3 Å². The first kappa shape index (κ1) is 23.4. The number of sulfonamides is 1. The minimum absolute atomic E-state index is 0.216. The van der Waals surface area contributed by atoms with Crippen LogP contribution in [0.3, 0.4) is 0 Å². The van der Waals surface area contributed by atoms with E-state index in [2.05, 4.69) is 19.1 Å². The third kappa shape index (κ3) is 4.39. The minimum Gasteiger partial charge on any atom is -0.329 e. The fourth-order valence-corrected chi connectivity index (χ4v) is 5.15. The average Bonchev–Trinajstić information content (AvgIpc) is 3.11. The van der Waals surface area contributed by atoms with Crippen molar-refractivity contribution < 1.29 is 8.42 Å². The molecule has 0 aliphatic rings. The van der Waals surface area contributed by atoms with Crippen LogP contribution in [0.25, 0.3) is 10.9 Å². The number of aryl methyl sites for hydroxylation is 3. The SMILES string of the molecule is Cc1ccc(N(C)c2nccc(N(C)c3ccc4c(C)n(C)nc4c3)n2)cc1S(=O)(=O)NI. The van der Waals surface area contributed by atoms with Crippen molar-refractivity contribution in [3.63, 3.8) is 0 Å². The van der Waals surface area contributed by atoms with Gasteiger partial charge in [-0.2, -0.15) is 13.0 Å². The van der Waals surface area contributed by atoms with Crippen LogP contribution in [-0.2, 0) is 17.1 Å². The Morgan fingerprint density at radius 3 is 2.42 bits per heavy atom. The van der Waals surface area contributed by atoms with E-state index in [4.69, 9.17) is 4.98 Å². The van der Waals surface area contributed by atoms with E-state index in [1.807, 2.05) is 54.9 Å². The lowest BCUT2D eigenvalue weighted by Gasteiger charge is -2.22. The van der Waals surface area contributed by atoms with Gasteiger partial charge in [0, 0.05) is 72.7 Å². The van der Waals surface area contributed by atoms with Crippen LogP contribution in [0.5, 0.6) is 0 Å². The maximum Gasteiger partial charge on any atom is 0.249 e. The van der Waals surface area contributed by atoms with E-state index in [0.29, 0.717) is 23.0 Å². The predicted octanol–water partition coefficient (Wildman–Crippen LogP) is 4.14. The van der Waals surface area contributed by atoms with Gasteiger partial charge in [0.25, 0.3) is 0 Å². The summed E-state index contributed by atoms with van der Waals surface area (Å²) in [6.45, 7) is 3.81. The molecule has 0 atom stereocenters. The van der Waals surface area contributed by atoms with Gasteiger partial charge in [-0.25, -0.2) is 13.4 Å². The number of hydrogen-bond donors (Lipinski definition) is 1. The molecule has 2 aromatic heterocycles. The molecule has 33 heavy (non-hydrogen) atoms. The van der Waals surface area contributed by atoms with Gasteiger partial charge in [0.2, 0.25) is 16.0 Å². The minimum atomic E-state index is -3.59. The lowest BCUT2D eigenvalue weighted by atomic mass is 10.2. The molecule has 0 unspecified atom stereocenters. The highest BCUT2D eigenvalue weighted by Gasteiger charge is 2.19. The highest BCUT2D eigenvalue weighted by molar-refractivity contribution is 14.1. The van der Waals surface area contributed by atoms with Crippen molar-refractivity contribution in [3.8, 4) is 0 Å². The number of nitrogens with zero attached hydrogens (tertiary/aromatic N) is 6. The fourth-order valence-electron chi connectivity index (χ4n) is 3.59. The molecule has 0 aliphatic carbocycles. The Morgan fingerprint density at radius 1 is 1.00 bits per heavy atom. The topological polar surface area (TPSA) is 96.2 Å². The van der Waals surface area contributed by atoms with Crippen LogP contribution in [-0.4, -0.2) is 42.3 Å². The van der Waals surface area contributed by atoms with Gasteiger partial charge in [-0.05, 0) is 55.8 Å². The molecule has 4 aromatic rings. The summed E-state index contributed by atoms with van der Waals surface area (Å²) in [5, 5.41) is 5.69. The second-order valence-electron chi connectivity index (χ2n) is 7.77. The molecular formula is C22H24IN7O2S. The molecule has 172 valence electrons. The van der Waals surface area contributed by atoms with Crippen LogP contribution < -0.4 is 12.7 Å². The molecule has 0 radical (unpaired) electrons. The van der Waals surface area contributed by atoms with Gasteiger partial charge in [0.1, 0.15) is 5.82 Å². The Bertz CT molecular complexity index is 1450. The molecule has 2 heterocycles. The van der Waals surface area contributed by atoms with Crippen molar-refractivity contribution in [2.45, 2.75) is 18.7 Å². The van der Waals surface area contributed by atoms with Crippen LogP contribution in [0.4, 0.5) is 23.1 Å². The summed E-state index contributed by atoms with van der Waals surface area (Å²) in [6, 6.07) is 13.2. The quantitative estimate of drug-likeness (QED) is 0.272. The fraction of sp³-hybridized carbons (Fsp3) is 0.227. The van der Waals surface area contributed by atoms with Crippen molar-refractivity contribution in [2.24, 2.45) is 7.05 Å². The zero-order chi connectivity index (χ0) is 23.9. The maximum absolute atomic E-state index is 12.4.